The van der Waals surface area contributed by atoms with Gasteiger partial charge in [-0.2, -0.15) is 0 Å². The summed E-state index contributed by atoms with van der Waals surface area (Å²) in [6.07, 6.45) is 0. The Kier molecular flexibility index (Phi) is 1.62. The highest BCUT2D eigenvalue weighted by Crippen LogP contribution is 2.22. The summed E-state index contributed by atoms with van der Waals surface area (Å²) in [6, 6.07) is 12.1. The Bertz CT molecular complexity index is 630. The van der Waals surface area contributed by atoms with E-state index in [1.807, 2.05) is 30.3 Å². The predicted molar refractivity (Wildman–Crippen MR) is 57.5 cm³/mol. The zero-order chi connectivity index (χ0) is 10.3. The van der Waals surface area contributed by atoms with Gasteiger partial charge >= 0.3 is 0 Å². The van der Waals surface area contributed by atoms with Crippen LogP contribution in [0.1, 0.15) is 0 Å². The van der Waals surface area contributed by atoms with Crippen LogP contribution in [0.5, 0.6) is 0 Å². The minimum atomic E-state index is 0.843. The maximum Gasteiger partial charge on any atom is 0.138 e. The maximum absolute atomic E-state index is 5.12. The molecule has 0 aliphatic carbocycles. The van der Waals surface area contributed by atoms with Crippen molar-refractivity contribution in [1.82, 2.24) is 15.2 Å². The van der Waals surface area contributed by atoms with E-state index in [0.29, 0.717) is 0 Å². The molecule has 2 aromatic carbocycles. The third-order valence-corrected chi connectivity index (χ3v) is 2.48. The monoisotopic (exact) mass is 199 g/mol. The summed E-state index contributed by atoms with van der Waals surface area (Å²) in [6.45, 7) is 0. The first-order valence-corrected chi connectivity index (χ1v) is 4.68. The van der Waals surface area contributed by atoms with E-state index in [0.717, 1.165) is 21.8 Å². The van der Waals surface area contributed by atoms with Crippen LogP contribution < -0.4 is 4.84 Å². The Morgan fingerprint density at radius 1 is 1.13 bits per heavy atom. The lowest BCUT2D eigenvalue weighted by atomic mass is 10.1. The first-order chi connectivity index (χ1) is 7.40. The van der Waals surface area contributed by atoms with Crippen molar-refractivity contribution < 1.29 is 4.84 Å². The number of hydrogen-bond donors (Lipinski definition) is 0. The van der Waals surface area contributed by atoms with E-state index < -0.39 is 0 Å². The van der Waals surface area contributed by atoms with Gasteiger partial charge in [0, 0.05) is 5.39 Å². The summed E-state index contributed by atoms with van der Waals surface area (Å²) >= 11 is 0. The number of hydrogen-bond acceptors (Lipinski definition) is 3. The van der Waals surface area contributed by atoms with Crippen LogP contribution in [-0.2, 0) is 0 Å². The molecule has 74 valence electrons. The Hall–Kier alpha value is -2.10. The fourth-order valence-corrected chi connectivity index (χ4v) is 1.79. The molecule has 0 amide bonds. The first-order valence-electron chi connectivity index (χ1n) is 4.68. The highest BCUT2D eigenvalue weighted by atomic mass is 16.7. The van der Waals surface area contributed by atoms with Crippen LogP contribution in [-0.4, -0.2) is 22.3 Å². The van der Waals surface area contributed by atoms with Gasteiger partial charge in [0.05, 0.1) is 0 Å². The van der Waals surface area contributed by atoms with Crippen molar-refractivity contribution in [2.24, 2.45) is 0 Å². The second-order valence-electron chi connectivity index (χ2n) is 3.30. The minimum Gasteiger partial charge on any atom is -0.398 e. The lowest BCUT2D eigenvalue weighted by Crippen LogP contribution is -2.07. The Morgan fingerprint density at radius 2 is 2.00 bits per heavy atom. The highest BCUT2D eigenvalue weighted by Gasteiger charge is 2.07. The van der Waals surface area contributed by atoms with Crippen LogP contribution in [0, 0.1) is 0 Å². The molecule has 0 atom stereocenters. The number of rotatable bonds is 1. The molecule has 4 nitrogen and oxygen atoms in total. The molecule has 0 unspecified atom stereocenters. The second kappa shape index (κ2) is 2.95. The van der Waals surface area contributed by atoms with Gasteiger partial charge in [-0.3, -0.25) is 0 Å². The molecule has 4 heteroatoms. The molecule has 0 fully saturated rings. The van der Waals surface area contributed by atoms with E-state index in [1.54, 1.807) is 7.11 Å². The van der Waals surface area contributed by atoms with Crippen molar-refractivity contribution >= 4 is 21.8 Å². The largest absolute Gasteiger partial charge is 0.398 e. The molecule has 0 aliphatic heterocycles. The number of aromatic nitrogens is 3. The molecule has 0 saturated carbocycles. The van der Waals surface area contributed by atoms with Crippen molar-refractivity contribution in [2.75, 3.05) is 7.11 Å². The molecule has 0 spiro atoms. The van der Waals surface area contributed by atoms with E-state index in [2.05, 4.69) is 16.4 Å². The van der Waals surface area contributed by atoms with Crippen molar-refractivity contribution in [3.05, 3.63) is 36.4 Å². The third-order valence-electron chi connectivity index (χ3n) is 2.48. The zero-order valence-corrected chi connectivity index (χ0v) is 8.21. The molecule has 0 N–H and O–H groups in total. The third kappa shape index (κ3) is 1.08. The van der Waals surface area contributed by atoms with Crippen molar-refractivity contribution in [1.29, 1.82) is 0 Å². The number of benzene rings is 2. The standard InChI is InChI=1S/C11H9N3O/c1-15-14-11-9-5-3-2-4-8(9)6-7-10(11)12-13-14/h2-7H,1H3. The van der Waals surface area contributed by atoms with Crippen molar-refractivity contribution in [3.63, 3.8) is 0 Å². The van der Waals surface area contributed by atoms with Crippen molar-refractivity contribution in [3.8, 4) is 0 Å². The molecule has 1 heterocycles. The number of nitrogens with zero attached hydrogens (tertiary/aromatic N) is 3. The molecule has 3 rings (SSSR count). The Morgan fingerprint density at radius 3 is 2.87 bits per heavy atom. The fourth-order valence-electron chi connectivity index (χ4n) is 1.79. The molecular formula is C11H9N3O. The Balaban J connectivity index is 2.56. The summed E-state index contributed by atoms with van der Waals surface area (Å²) in [5, 5.41) is 10.2. The Labute approximate surface area is 86.0 Å². The topological polar surface area (TPSA) is 39.9 Å². The average Bonchev–Trinajstić information content (AvgIpc) is 2.72. The van der Waals surface area contributed by atoms with E-state index in [-0.39, 0.29) is 0 Å². The molecule has 15 heavy (non-hydrogen) atoms. The van der Waals surface area contributed by atoms with E-state index in [1.165, 1.54) is 4.85 Å². The second-order valence-corrected chi connectivity index (χ2v) is 3.30. The van der Waals surface area contributed by atoms with Gasteiger partial charge in [-0.25, -0.2) is 0 Å². The molecule has 3 aromatic rings. The minimum absolute atomic E-state index is 0.843. The van der Waals surface area contributed by atoms with Gasteiger partial charge in [0.2, 0.25) is 0 Å². The van der Waals surface area contributed by atoms with Gasteiger partial charge in [0.15, 0.2) is 0 Å². The summed E-state index contributed by atoms with van der Waals surface area (Å²) in [7, 11) is 1.58. The summed E-state index contributed by atoms with van der Waals surface area (Å²) in [5.41, 5.74) is 1.76. The van der Waals surface area contributed by atoms with Gasteiger partial charge < -0.3 is 4.84 Å². The van der Waals surface area contributed by atoms with Crippen LogP contribution in [0.3, 0.4) is 0 Å². The average molecular weight is 199 g/mol. The van der Waals surface area contributed by atoms with E-state index in [9.17, 15) is 0 Å². The number of fused-ring (bicyclic) bond motifs is 3. The molecule has 0 bridgehead atoms. The zero-order valence-electron chi connectivity index (χ0n) is 8.21. The van der Waals surface area contributed by atoms with Gasteiger partial charge in [-0.05, 0) is 16.7 Å². The summed E-state index contributed by atoms with van der Waals surface area (Å²) in [4.78, 5) is 6.56. The SMILES string of the molecule is COn1nnc2ccc3ccccc3c21. The molecular weight excluding hydrogens is 190 g/mol. The molecule has 1 aromatic heterocycles. The first kappa shape index (κ1) is 8.23. The maximum atomic E-state index is 5.12. The van der Waals surface area contributed by atoms with Crippen molar-refractivity contribution in [2.45, 2.75) is 0 Å². The summed E-state index contributed by atoms with van der Waals surface area (Å²) in [5.74, 6) is 0. The quantitative estimate of drug-likeness (QED) is 0.598. The lowest BCUT2D eigenvalue weighted by Gasteiger charge is -2.01. The molecule has 0 saturated heterocycles. The predicted octanol–water partition coefficient (Wildman–Crippen LogP) is 1.64. The van der Waals surface area contributed by atoms with Crippen LogP contribution >= 0.6 is 0 Å². The lowest BCUT2D eigenvalue weighted by molar-refractivity contribution is 0.140. The van der Waals surface area contributed by atoms with Gasteiger partial charge in [0.1, 0.15) is 18.1 Å². The normalized spacial score (nSPS) is 11.0. The summed E-state index contributed by atoms with van der Waals surface area (Å²) < 4.78 is 0. The van der Waals surface area contributed by atoms with Crippen LogP contribution in [0.4, 0.5) is 0 Å². The van der Waals surface area contributed by atoms with E-state index in [4.69, 9.17) is 4.84 Å². The van der Waals surface area contributed by atoms with Gasteiger partial charge in [-0.1, -0.05) is 35.2 Å². The smallest absolute Gasteiger partial charge is 0.138 e. The van der Waals surface area contributed by atoms with Crippen LogP contribution in [0.25, 0.3) is 21.8 Å². The van der Waals surface area contributed by atoms with Gasteiger partial charge in [0.25, 0.3) is 0 Å². The van der Waals surface area contributed by atoms with E-state index >= 15 is 0 Å². The fraction of sp³-hybridized carbons (Fsp3) is 0.0909. The highest BCUT2D eigenvalue weighted by molar-refractivity contribution is 6.03. The van der Waals surface area contributed by atoms with Gasteiger partial charge in [-0.15, -0.1) is 5.10 Å². The molecule has 0 aliphatic rings. The van der Waals surface area contributed by atoms with Crippen LogP contribution in [0.2, 0.25) is 0 Å². The molecule has 0 radical (unpaired) electrons. The van der Waals surface area contributed by atoms with Crippen LogP contribution in [0.15, 0.2) is 36.4 Å².